The number of halogens is 2. The molecule has 2 heterocycles. The van der Waals surface area contributed by atoms with E-state index in [1.54, 1.807) is 31.2 Å². The lowest BCUT2D eigenvalue weighted by molar-refractivity contribution is -0.131. The summed E-state index contributed by atoms with van der Waals surface area (Å²) in [5.74, 6) is -6.73. The quantitative estimate of drug-likeness (QED) is 0.229. The number of fused-ring (bicyclic) bond motifs is 4. The highest BCUT2D eigenvalue weighted by atomic mass is 35.5. The van der Waals surface area contributed by atoms with Crippen LogP contribution in [0.4, 0.5) is 15.8 Å². The molecule has 0 aromatic heterocycles. The first-order valence-corrected chi connectivity index (χ1v) is 15.0. The lowest BCUT2D eigenvalue weighted by Crippen LogP contribution is -2.48. The number of carbonyl (C=O) groups is 4. The summed E-state index contributed by atoms with van der Waals surface area (Å²) >= 11 is 6.03. The number of nitrogens with zero attached hydrogens (tertiary/aromatic N) is 2. The summed E-state index contributed by atoms with van der Waals surface area (Å²) in [5.41, 5.74) is 0.157. The fraction of sp³-hybridized carbons (Fsp3) is 0.273. The van der Waals surface area contributed by atoms with Crippen molar-refractivity contribution in [1.29, 1.82) is 0 Å². The van der Waals surface area contributed by atoms with Crippen molar-refractivity contribution in [1.82, 2.24) is 0 Å². The Morgan fingerprint density at radius 3 is 2.33 bits per heavy atom. The molecule has 45 heavy (non-hydrogen) atoms. The van der Waals surface area contributed by atoms with Gasteiger partial charge >= 0.3 is 7.12 Å². The highest BCUT2D eigenvalue weighted by Gasteiger charge is 2.68. The minimum Gasteiger partial charge on any atom is -0.508 e. The molecule has 7 rings (SSSR count). The number of rotatable bonds is 4. The molecule has 3 aromatic carbocycles. The average Bonchev–Trinajstić information content (AvgIpc) is 3.38. The molecule has 3 N–H and O–H groups in total. The van der Waals surface area contributed by atoms with Crippen molar-refractivity contribution in [2.45, 2.75) is 25.7 Å². The van der Waals surface area contributed by atoms with E-state index in [1.807, 2.05) is 6.08 Å². The van der Waals surface area contributed by atoms with Crippen molar-refractivity contribution in [3.05, 3.63) is 94.8 Å². The summed E-state index contributed by atoms with van der Waals surface area (Å²) in [7, 11) is -1.80. The topological polar surface area (TPSA) is 135 Å². The van der Waals surface area contributed by atoms with Gasteiger partial charge in [0.15, 0.2) is 0 Å². The van der Waals surface area contributed by atoms with Gasteiger partial charge in [-0.2, -0.15) is 0 Å². The Labute approximate surface area is 262 Å². The third kappa shape index (κ3) is 4.14. The summed E-state index contributed by atoms with van der Waals surface area (Å²) in [4.78, 5) is 58.6. The Balaban J connectivity index is 1.35. The first-order valence-electron chi connectivity index (χ1n) is 14.6. The van der Waals surface area contributed by atoms with Crippen LogP contribution < -0.4 is 15.3 Å². The van der Waals surface area contributed by atoms with Gasteiger partial charge in [0.1, 0.15) is 11.6 Å². The molecule has 0 spiro atoms. The van der Waals surface area contributed by atoms with Crippen LogP contribution in [0, 0.1) is 34.9 Å². The number of para-hydroxylation sites is 1. The molecule has 0 bridgehead atoms. The lowest BCUT2D eigenvalue weighted by Gasteiger charge is -2.49. The summed E-state index contributed by atoms with van der Waals surface area (Å²) in [6.07, 6.45) is 2.15. The van der Waals surface area contributed by atoms with Crippen LogP contribution >= 0.6 is 11.6 Å². The molecular weight excluding hydrogens is 602 g/mol. The van der Waals surface area contributed by atoms with Gasteiger partial charge in [-0.25, -0.2) is 9.29 Å². The molecule has 1 saturated carbocycles. The number of amides is 4. The predicted molar refractivity (Wildman–Crippen MR) is 163 cm³/mol. The third-order valence-corrected chi connectivity index (χ3v) is 10.4. The SMILES string of the molecule is C[C@@]12C(=O)N(c3ccc(F)c(Cl)c3)C(=O)[C@@H]1C[C@@H]1C(=CC[C@@H]3C(=O)N(c4cccc(B(O)O)c4)C(=O)[C@@H]31)[C@@H]2c1ccccc1O. The van der Waals surface area contributed by atoms with Crippen LogP contribution in [0.1, 0.15) is 31.2 Å². The second kappa shape index (κ2) is 10.4. The number of phenolic OH excluding ortho intramolecular Hbond substituents is 1. The van der Waals surface area contributed by atoms with Crippen molar-refractivity contribution in [3.8, 4) is 5.75 Å². The molecule has 0 unspecified atom stereocenters. The number of phenols is 1. The van der Waals surface area contributed by atoms with Gasteiger partial charge in [0.05, 0.1) is 39.6 Å². The van der Waals surface area contributed by atoms with E-state index in [1.165, 1.54) is 36.4 Å². The number of imide groups is 2. The van der Waals surface area contributed by atoms with Gasteiger partial charge in [0, 0.05) is 11.5 Å². The highest BCUT2D eigenvalue weighted by Crippen LogP contribution is 2.64. The van der Waals surface area contributed by atoms with Crippen LogP contribution in [0.3, 0.4) is 0 Å². The van der Waals surface area contributed by atoms with Gasteiger partial charge in [-0.1, -0.05) is 53.6 Å². The van der Waals surface area contributed by atoms with E-state index in [9.17, 15) is 38.7 Å². The number of hydrogen-bond donors (Lipinski definition) is 3. The molecule has 12 heteroatoms. The van der Waals surface area contributed by atoms with Gasteiger partial charge in [-0.3, -0.25) is 24.1 Å². The second-order valence-electron chi connectivity index (χ2n) is 12.3. The van der Waals surface area contributed by atoms with Crippen LogP contribution in [-0.4, -0.2) is 45.9 Å². The molecule has 4 aliphatic rings. The van der Waals surface area contributed by atoms with Gasteiger partial charge in [0.25, 0.3) is 0 Å². The summed E-state index contributed by atoms with van der Waals surface area (Å²) in [5, 5.41) is 30.2. The average molecular weight is 629 g/mol. The third-order valence-electron chi connectivity index (χ3n) is 10.1. The van der Waals surface area contributed by atoms with Crippen LogP contribution in [0.25, 0.3) is 0 Å². The largest absolute Gasteiger partial charge is 0.508 e. The van der Waals surface area contributed by atoms with Gasteiger partial charge in [-0.05, 0) is 67.5 Å². The Morgan fingerprint density at radius 2 is 1.62 bits per heavy atom. The number of allylic oxidation sites excluding steroid dienone is 2. The monoisotopic (exact) mass is 628 g/mol. The molecule has 3 fully saturated rings. The summed E-state index contributed by atoms with van der Waals surface area (Å²) < 4.78 is 14.0. The zero-order valence-corrected chi connectivity index (χ0v) is 24.7. The number of carbonyl (C=O) groups excluding carboxylic acids is 4. The molecular formula is C33H27BClFN2O7. The van der Waals surface area contributed by atoms with Crippen LogP contribution in [0.2, 0.25) is 5.02 Å². The fourth-order valence-corrected chi connectivity index (χ4v) is 8.21. The number of anilines is 2. The Morgan fingerprint density at radius 1 is 0.889 bits per heavy atom. The maximum Gasteiger partial charge on any atom is 0.488 e. The standard InChI is InChI=1S/C33H27BClFN2O7/c1-33-23(30(41)38(32(33)43)18-9-12-25(36)24(35)14-18)15-22-19(28(33)20-7-2-3-8-26(20)39)10-11-21-27(22)31(42)37(29(21)40)17-6-4-5-16(13-17)34(44)45/h2-10,12-14,21-23,27-28,39,44-45H,11,15H2,1H3/t21-,22+,23-,27-,28+,33+/m0/s1. The summed E-state index contributed by atoms with van der Waals surface area (Å²) in [6, 6.07) is 16.1. The second-order valence-corrected chi connectivity index (χ2v) is 12.7. The molecule has 0 radical (unpaired) electrons. The number of aromatic hydroxyl groups is 1. The van der Waals surface area contributed by atoms with E-state index in [0.717, 1.165) is 15.9 Å². The summed E-state index contributed by atoms with van der Waals surface area (Å²) in [6.45, 7) is 1.68. The van der Waals surface area contributed by atoms with E-state index in [0.29, 0.717) is 11.1 Å². The first kappa shape index (κ1) is 29.4. The van der Waals surface area contributed by atoms with Crippen molar-refractivity contribution in [2.24, 2.45) is 29.1 Å². The normalized spacial score (nSPS) is 29.0. The van der Waals surface area contributed by atoms with Crippen LogP contribution in [0.15, 0.2) is 78.4 Å². The van der Waals surface area contributed by atoms with Gasteiger partial charge < -0.3 is 15.2 Å². The minimum absolute atomic E-state index is 0.0792. The Kier molecular flexibility index (Phi) is 6.77. The lowest BCUT2D eigenvalue weighted by atomic mass is 9.51. The molecule has 9 nitrogen and oxygen atoms in total. The zero-order valence-electron chi connectivity index (χ0n) is 23.9. The maximum atomic E-state index is 14.4. The predicted octanol–water partition coefficient (Wildman–Crippen LogP) is 3.30. The van der Waals surface area contributed by atoms with Crippen molar-refractivity contribution >= 4 is 59.2 Å². The molecule has 4 amide bonds. The van der Waals surface area contributed by atoms with E-state index in [4.69, 9.17) is 11.6 Å². The van der Waals surface area contributed by atoms with Crippen molar-refractivity contribution in [2.75, 3.05) is 9.80 Å². The fourth-order valence-electron chi connectivity index (χ4n) is 8.04. The Hall–Kier alpha value is -4.32. The van der Waals surface area contributed by atoms with Crippen LogP contribution in [-0.2, 0) is 19.2 Å². The van der Waals surface area contributed by atoms with E-state index in [-0.39, 0.29) is 40.5 Å². The minimum atomic E-state index is -1.80. The molecule has 2 saturated heterocycles. The van der Waals surface area contributed by atoms with E-state index >= 15 is 0 Å². The van der Waals surface area contributed by atoms with Crippen LogP contribution in [0.5, 0.6) is 5.75 Å². The smallest absolute Gasteiger partial charge is 0.488 e. The zero-order chi connectivity index (χ0) is 31.9. The molecule has 6 atom stereocenters. The Bertz CT molecular complexity index is 1850. The number of hydrogen-bond acceptors (Lipinski definition) is 7. The molecule has 2 aliphatic heterocycles. The molecule has 3 aromatic rings. The van der Waals surface area contributed by atoms with Crippen molar-refractivity contribution < 1.29 is 38.7 Å². The highest BCUT2D eigenvalue weighted by molar-refractivity contribution is 6.58. The van der Waals surface area contributed by atoms with Crippen molar-refractivity contribution in [3.63, 3.8) is 0 Å². The molecule has 228 valence electrons. The van der Waals surface area contributed by atoms with E-state index in [2.05, 4.69) is 0 Å². The van der Waals surface area contributed by atoms with E-state index < -0.39 is 71.6 Å². The first-order chi connectivity index (χ1) is 21.4. The molecule has 2 aliphatic carbocycles. The van der Waals surface area contributed by atoms with Gasteiger partial charge in [-0.15, -0.1) is 0 Å². The number of benzene rings is 3. The maximum absolute atomic E-state index is 14.4. The van der Waals surface area contributed by atoms with Gasteiger partial charge in [0.2, 0.25) is 23.6 Å².